The minimum absolute atomic E-state index is 0.0752. The van der Waals surface area contributed by atoms with E-state index in [4.69, 9.17) is 9.47 Å². The molecule has 4 rings (SSSR count). The molecular formula is C26H40N2O4. The topological polar surface area (TPSA) is 71.0 Å². The number of benzene rings is 1. The summed E-state index contributed by atoms with van der Waals surface area (Å²) in [7, 11) is 1.75. The van der Waals surface area contributed by atoms with E-state index in [0.717, 1.165) is 37.9 Å². The van der Waals surface area contributed by atoms with Crippen molar-refractivity contribution in [2.24, 2.45) is 11.3 Å². The number of carbonyl (C=O) groups excluding carboxylic acids is 1. The Labute approximate surface area is 192 Å². The number of methoxy groups -OCH3 is 1. The second-order valence-corrected chi connectivity index (χ2v) is 10.4. The fourth-order valence-electron chi connectivity index (χ4n) is 6.05. The normalized spacial score (nSPS) is 32.9. The summed E-state index contributed by atoms with van der Waals surface area (Å²) in [5.74, 6) is 0.562. The molecule has 1 aromatic carbocycles. The molecule has 6 heteroatoms. The number of nitrogens with one attached hydrogen (secondary N) is 1. The molecule has 1 amide bonds. The zero-order valence-corrected chi connectivity index (χ0v) is 19.9. The Balaban J connectivity index is 1.40. The number of piperidine rings is 1. The summed E-state index contributed by atoms with van der Waals surface area (Å²) >= 11 is 0. The van der Waals surface area contributed by atoms with Gasteiger partial charge in [0, 0.05) is 38.9 Å². The first-order valence-corrected chi connectivity index (χ1v) is 12.3. The van der Waals surface area contributed by atoms with Crippen LogP contribution in [0.25, 0.3) is 0 Å². The van der Waals surface area contributed by atoms with Gasteiger partial charge in [-0.3, -0.25) is 4.79 Å². The largest absolute Gasteiger partial charge is 0.385 e. The highest BCUT2D eigenvalue weighted by atomic mass is 16.5. The molecule has 2 N–H and O–H groups in total. The molecule has 2 heterocycles. The SMILES string of the molecule is COC1COCCC1NC1CCC(C(=O)N2CCC(O)(c3ccccc3)CC2)(C(C)C)C1. The number of hydrogen-bond donors (Lipinski definition) is 2. The Morgan fingerprint density at radius 1 is 1.19 bits per heavy atom. The predicted octanol–water partition coefficient (Wildman–Crippen LogP) is 3.09. The Hall–Kier alpha value is -1.47. The number of likely N-dealkylation sites (tertiary alicyclic amines) is 1. The van der Waals surface area contributed by atoms with Gasteiger partial charge in [-0.1, -0.05) is 44.2 Å². The van der Waals surface area contributed by atoms with Crippen molar-refractivity contribution >= 4 is 5.91 Å². The molecule has 0 bridgehead atoms. The third-order valence-electron chi connectivity index (χ3n) is 8.33. The van der Waals surface area contributed by atoms with E-state index in [1.54, 1.807) is 7.11 Å². The number of rotatable bonds is 6. The van der Waals surface area contributed by atoms with Crippen LogP contribution < -0.4 is 5.32 Å². The summed E-state index contributed by atoms with van der Waals surface area (Å²) in [5.41, 5.74) is -0.200. The molecule has 3 fully saturated rings. The lowest BCUT2D eigenvalue weighted by Crippen LogP contribution is -2.53. The summed E-state index contributed by atoms with van der Waals surface area (Å²) in [4.78, 5) is 15.9. The van der Waals surface area contributed by atoms with Crippen LogP contribution in [0.15, 0.2) is 30.3 Å². The molecule has 178 valence electrons. The van der Waals surface area contributed by atoms with Crippen LogP contribution in [0.1, 0.15) is 57.9 Å². The lowest BCUT2D eigenvalue weighted by Gasteiger charge is -2.43. The van der Waals surface area contributed by atoms with Gasteiger partial charge in [0.2, 0.25) is 5.91 Å². The minimum Gasteiger partial charge on any atom is -0.385 e. The molecule has 1 aromatic rings. The van der Waals surface area contributed by atoms with Gasteiger partial charge in [0.25, 0.3) is 0 Å². The van der Waals surface area contributed by atoms with Crippen LogP contribution in [0.3, 0.4) is 0 Å². The number of ether oxygens (including phenoxy) is 2. The molecule has 6 nitrogen and oxygen atoms in total. The van der Waals surface area contributed by atoms with E-state index in [1.807, 2.05) is 35.2 Å². The van der Waals surface area contributed by atoms with E-state index >= 15 is 0 Å². The third kappa shape index (κ3) is 4.60. The lowest BCUT2D eigenvalue weighted by molar-refractivity contribution is -0.149. The van der Waals surface area contributed by atoms with Crippen LogP contribution in [-0.4, -0.2) is 67.5 Å². The molecule has 2 aliphatic heterocycles. The first-order chi connectivity index (χ1) is 15.4. The molecular weight excluding hydrogens is 404 g/mol. The number of carbonyl (C=O) groups is 1. The van der Waals surface area contributed by atoms with Crippen molar-refractivity contribution in [3.63, 3.8) is 0 Å². The zero-order chi connectivity index (χ0) is 22.8. The van der Waals surface area contributed by atoms with Gasteiger partial charge < -0.3 is 24.8 Å². The zero-order valence-electron chi connectivity index (χ0n) is 19.9. The van der Waals surface area contributed by atoms with E-state index in [1.165, 1.54) is 0 Å². The van der Waals surface area contributed by atoms with E-state index in [9.17, 15) is 9.90 Å². The highest BCUT2D eigenvalue weighted by molar-refractivity contribution is 5.83. The quantitative estimate of drug-likeness (QED) is 0.706. The first-order valence-electron chi connectivity index (χ1n) is 12.3. The van der Waals surface area contributed by atoms with Gasteiger partial charge in [-0.25, -0.2) is 0 Å². The van der Waals surface area contributed by atoms with Gasteiger partial charge in [-0.15, -0.1) is 0 Å². The lowest BCUT2D eigenvalue weighted by atomic mass is 9.73. The van der Waals surface area contributed by atoms with Crippen molar-refractivity contribution in [2.75, 3.05) is 33.4 Å². The fraction of sp³-hybridized carbons (Fsp3) is 0.731. The molecule has 3 aliphatic rings. The molecule has 4 atom stereocenters. The fourth-order valence-corrected chi connectivity index (χ4v) is 6.05. The van der Waals surface area contributed by atoms with Crippen molar-refractivity contribution in [3.05, 3.63) is 35.9 Å². The number of hydrogen-bond acceptors (Lipinski definition) is 5. The molecule has 0 spiro atoms. The molecule has 1 saturated carbocycles. The summed E-state index contributed by atoms with van der Waals surface area (Å²) in [6.45, 7) is 7.00. The molecule has 32 heavy (non-hydrogen) atoms. The average molecular weight is 445 g/mol. The second kappa shape index (κ2) is 9.80. The van der Waals surface area contributed by atoms with Gasteiger partial charge in [0.1, 0.15) is 0 Å². The van der Waals surface area contributed by atoms with Crippen molar-refractivity contribution in [1.29, 1.82) is 0 Å². The summed E-state index contributed by atoms with van der Waals surface area (Å²) in [6, 6.07) is 10.5. The first kappa shape index (κ1) is 23.7. The Bertz CT molecular complexity index is 762. The monoisotopic (exact) mass is 444 g/mol. The smallest absolute Gasteiger partial charge is 0.229 e. The maximum absolute atomic E-state index is 13.8. The highest BCUT2D eigenvalue weighted by Gasteiger charge is 2.50. The molecule has 0 aromatic heterocycles. The number of amides is 1. The average Bonchev–Trinajstić information content (AvgIpc) is 3.25. The van der Waals surface area contributed by atoms with Gasteiger partial charge in [-0.05, 0) is 50.0 Å². The third-order valence-corrected chi connectivity index (χ3v) is 8.33. The van der Waals surface area contributed by atoms with E-state index in [-0.39, 0.29) is 29.4 Å². The van der Waals surface area contributed by atoms with Crippen molar-refractivity contribution in [2.45, 2.75) is 76.2 Å². The Morgan fingerprint density at radius 3 is 2.56 bits per heavy atom. The van der Waals surface area contributed by atoms with Crippen LogP contribution in [0, 0.1) is 11.3 Å². The van der Waals surface area contributed by atoms with Gasteiger partial charge in [-0.2, -0.15) is 0 Å². The van der Waals surface area contributed by atoms with Crippen LogP contribution in [-0.2, 0) is 19.9 Å². The number of nitrogens with zero attached hydrogens (tertiary/aromatic N) is 1. The predicted molar refractivity (Wildman–Crippen MR) is 124 cm³/mol. The van der Waals surface area contributed by atoms with E-state index in [0.29, 0.717) is 38.6 Å². The molecule has 1 aliphatic carbocycles. The standard InChI is InChI=1S/C26H40N2O4/c1-19(2)25(11-9-21(17-25)27-22-10-16-32-18-23(22)31-3)24(29)28-14-12-26(30,13-15-28)20-7-5-4-6-8-20/h4-8,19,21-23,27,30H,9-18H2,1-3H3. The molecule has 4 unspecified atom stereocenters. The van der Waals surface area contributed by atoms with Crippen LogP contribution in [0.2, 0.25) is 0 Å². The van der Waals surface area contributed by atoms with Crippen LogP contribution >= 0.6 is 0 Å². The Morgan fingerprint density at radius 2 is 1.91 bits per heavy atom. The maximum Gasteiger partial charge on any atom is 0.229 e. The maximum atomic E-state index is 13.8. The number of aliphatic hydroxyl groups is 1. The molecule has 2 saturated heterocycles. The minimum atomic E-state index is -0.832. The summed E-state index contributed by atoms with van der Waals surface area (Å²) < 4.78 is 11.2. The van der Waals surface area contributed by atoms with Crippen molar-refractivity contribution in [3.8, 4) is 0 Å². The summed E-state index contributed by atoms with van der Waals surface area (Å²) in [5, 5.41) is 15.0. The van der Waals surface area contributed by atoms with Crippen molar-refractivity contribution in [1.82, 2.24) is 10.2 Å². The second-order valence-electron chi connectivity index (χ2n) is 10.4. The van der Waals surface area contributed by atoms with Crippen molar-refractivity contribution < 1.29 is 19.4 Å². The van der Waals surface area contributed by atoms with Crippen LogP contribution in [0.4, 0.5) is 0 Å². The van der Waals surface area contributed by atoms with Gasteiger partial charge in [0.15, 0.2) is 0 Å². The molecule has 0 radical (unpaired) electrons. The Kier molecular flexibility index (Phi) is 7.25. The van der Waals surface area contributed by atoms with Gasteiger partial charge >= 0.3 is 0 Å². The van der Waals surface area contributed by atoms with E-state index in [2.05, 4.69) is 19.2 Å². The summed E-state index contributed by atoms with van der Waals surface area (Å²) in [6.07, 6.45) is 5.01. The van der Waals surface area contributed by atoms with E-state index < -0.39 is 5.60 Å². The van der Waals surface area contributed by atoms with Gasteiger partial charge in [0.05, 0.1) is 23.7 Å². The highest BCUT2D eigenvalue weighted by Crippen LogP contribution is 2.47. The van der Waals surface area contributed by atoms with Crippen LogP contribution in [0.5, 0.6) is 0 Å².